The summed E-state index contributed by atoms with van der Waals surface area (Å²) in [4.78, 5) is 13.5. The smallest absolute Gasteiger partial charge is 0.243 e. The lowest BCUT2D eigenvalue weighted by molar-refractivity contribution is -0.135. The van der Waals surface area contributed by atoms with E-state index < -0.39 is 6.23 Å². The molecule has 0 N–H and O–H groups in total. The zero-order chi connectivity index (χ0) is 17.2. The average molecular weight is 333 g/mol. The number of aromatic nitrogens is 3. The van der Waals surface area contributed by atoms with Crippen molar-refractivity contribution in [1.82, 2.24) is 20.0 Å². The Balaban J connectivity index is 1.64. The van der Waals surface area contributed by atoms with Gasteiger partial charge in [0.1, 0.15) is 5.69 Å². The predicted octanol–water partition coefficient (Wildman–Crippen LogP) is 2.51. The van der Waals surface area contributed by atoms with E-state index in [1.165, 1.54) is 16.7 Å². The number of ether oxygens (including phenoxy) is 1. The molecule has 1 aliphatic heterocycles. The Bertz CT molecular complexity index is 921. The lowest BCUT2D eigenvalue weighted by Crippen LogP contribution is -2.25. The van der Waals surface area contributed by atoms with E-state index in [2.05, 4.69) is 15.3 Å². The summed E-state index contributed by atoms with van der Waals surface area (Å²) in [6, 6.07) is 19.0. The first-order chi connectivity index (χ1) is 12.2. The van der Waals surface area contributed by atoms with Crippen LogP contribution in [0.25, 0.3) is 5.69 Å². The molecule has 3 aromatic rings. The zero-order valence-electron chi connectivity index (χ0n) is 13.5. The Morgan fingerprint density at radius 2 is 1.72 bits per heavy atom. The minimum atomic E-state index is -0.731. The van der Waals surface area contributed by atoms with Crippen molar-refractivity contribution in [1.29, 1.82) is 0 Å². The first-order valence-electron chi connectivity index (χ1n) is 7.80. The van der Waals surface area contributed by atoms with Crippen LogP contribution in [0.5, 0.6) is 0 Å². The van der Waals surface area contributed by atoms with Gasteiger partial charge in [-0.25, -0.2) is 0 Å². The lowest BCUT2D eigenvalue weighted by atomic mass is 10.2. The SMILES string of the molecule is CC(=O)N1N=C(c2ccccc2)OC1c1cnn(-c2ccccc2)n1. The number of para-hydroxylation sites is 1. The van der Waals surface area contributed by atoms with Gasteiger partial charge in [0.25, 0.3) is 0 Å². The van der Waals surface area contributed by atoms with E-state index in [-0.39, 0.29) is 5.91 Å². The van der Waals surface area contributed by atoms with Crippen LogP contribution in [0.15, 0.2) is 72.0 Å². The third kappa shape index (κ3) is 2.87. The van der Waals surface area contributed by atoms with E-state index in [1.807, 2.05) is 60.7 Å². The molecule has 7 heteroatoms. The second-order valence-electron chi connectivity index (χ2n) is 5.50. The van der Waals surface area contributed by atoms with E-state index in [0.29, 0.717) is 11.6 Å². The zero-order valence-corrected chi connectivity index (χ0v) is 13.5. The molecule has 1 amide bonds. The van der Waals surface area contributed by atoms with Crippen molar-refractivity contribution in [3.8, 4) is 5.69 Å². The highest BCUT2D eigenvalue weighted by molar-refractivity contribution is 5.96. The highest BCUT2D eigenvalue weighted by atomic mass is 16.5. The van der Waals surface area contributed by atoms with Crippen molar-refractivity contribution in [3.63, 3.8) is 0 Å². The van der Waals surface area contributed by atoms with Gasteiger partial charge in [0.05, 0.1) is 11.9 Å². The van der Waals surface area contributed by atoms with E-state index >= 15 is 0 Å². The van der Waals surface area contributed by atoms with E-state index in [0.717, 1.165) is 11.3 Å². The summed E-state index contributed by atoms with van der Waals surface area (Å²) >= 11 is 0. The highest BCUT2D eigenvalue weighted by Gasteiger charge is 2.35. The molecule has 0 radical (unpaired) electrons. The number of carbonyl (C=O) groups excluding carboxylic acids is 1. The predicted molar refractivity (Wildman–Crippen MR) is 90.7 cm³/mol. The fourth-order valence-electron chi connectivity index (χ4n) is 2.53. The first kappa shape index (κ1) is 15.1. The summed E-state index contributed by atoms with van der Waals surface area (Å²) in [5, 5.41) is 14.3. The number of amides is 1. The largest absolute Gasteiger partial charge is 0.444 e. The number of benzene rings is 2. The van der Waals surface area contributed by atoms with Crippen LogP contribution in [0.4, 0.5) is 0 Å². The van der Waals surface area contributed by atoms with E-state index in [1.54, 1.807) is 6.20 Å². The lowest BCUT2D eigenvalue weighted by Gasteiger charge is -2.16. The molecule has 0 bridgehead atoms. The normalized spacial score (nSPS) is 16.4. The number of carbonyl (C=O) groups is 1. The van der Waals surface area contributed by atoms with Crippen LogP contribution in [0.1, 0.15) is 24.4 Å². The fourth-order valence-corrected chi connectivity index (χ4v) is 2.53. The van der Waals surface area contributed by atoms with E-state index in [4.69, 9.17) is 4.74 Å². The molecule has 1 aromatic heterocycles. The monoisotopic (exact) mass is 333 g/mol. The summed E-state index contributed by atoms with van der Waals surface area (Å²) in [6.45, 7) is 1.44. The summed E-state index contributed by atoms with van der Waals surface area (Å²) in [5.41, 5.74) is 2.13. The molecule has 2 aromatic carbocycles. The van der Waals surface area contributed by atoms with Crippen molar-refractivity contribution in [2.75, 3.05) is 0 Å². The highest BCUT2D eigenvalue weighted by Crippen LogP contribution is 2.29. The van der Waals surface area contributed by atoms with Crippen LogP contribution in [-0.4, -0.2) is 31.8 Å². The number of hydrazone groups is 1. The summed E-state index contributed by atoms with van der Waals surface area (Å²) in [6.07, 6.45) is 0.849. The van der Waals surface area contributed by atoms with Crippen LogP contribution in [0.3, 0.4) is 0 Å². The molecular weight excluding hydrogens is 318 g/mol. The molecule has 4 rings (SSSR count). The topological polar surface area (TPSA) is 72.6 Å². The van der Waals surface area contributed by atoms with Crippen LogP contribution in [-0.2, 0) is 9.53 Å². The molecule has 0 fully saturated rings. The fraction of sp³-hybridized carbons (Fsp3) is 0.111. The molecule has 0 saturated heterocycles. The van der Waals surface area contributed by atoms with Crippen LogP contribution in [0.2, 0.25) is 0 Å². The van der Waals surface area contributed by atoms with Crippen molar-refractivity contribution in [2.24, 2.45) is 5.10 Å². The Hall–Kier alpha value is -3.48. The average Bonchev–Trinajstić information content (AvgIpc) is 3.30. The van der Waals surface area contributed by atoms with Crippen molar-refractivity contribution >= 4 is 11.8 Å². The molecule has 2 heterocycles. The van der Waals surface area contributed by atoms with Gasteiger partial charge in [-0.3, -0.25) is 4.79 Å². The van der Waals surface area contributed by atoms with Crippen molar-refractivity contribution in [2.45, 2.75) is 13.2 Å². The van der Waals surface area contributed by atoms with Crippen molar-refractivity contribution < 1.29 is 9.53 Å². The van der Waals surface area contributed by atoms with Gasteiger partial charge in [0.15, 0.2) is 0 Å². The minimum absolute atomic E-state index is 0.231. The van der Waals surface area contributed by atoms with Gasteiger partial charge in [-0.05, 0) is 24.3 Å². The Morgan fingerprint density at radius 1 is 1.04 bits per heavy atom. The quantitative estimate of drug-likeness (QED) is 0.738. The number of nitrogens with zero attached hydrogens (tertiary/aromatic N) is 5. The van der Waals surface area contributed by atoms with Gasteiger partial charge < -0.3 is 4.74 Å². The molecule has 1 atom stereocenters. The first-order valence-corrected chi connectivity index (χ1v) is 7.80. The van der Waals surface area contributed by atoms with Gasteiger partial charge in [-0.2, -0.15) is 14.9 Å². The van der Waals surface area contributed by atoms with Gasteiger partial charge >= 0.3 is 0 Å². The molecule has 1 aliphatic rings. The molecule has 1 unspecified atom stereocenters. The summed E-state index contributed by atoms with van der Waals surface area (Å²) in [7, 11) is 0. The van der Waals surface area contributed by atoms with Crippen molar-refractivity contribution in [3.05, 3.63) is 78.1 Å². The van der Waals surface area contributed by atoms with Gasteiger partial charge in [0.2, 0.25) is 18.0 Å². The van der Waals surface area contributed by atoms with Gasteiger partial charge in [-0.15, -0.1) is 10.2 Å². The molecular formula is C18H15N5O2. The van der Waals surface area contributed by atoms with Crippen LogP contribution >= 0.6 is 0 Å². The van der Waals surface area contributed by atoms with Crippen LogP contribution < -0.4 is 0 Å². The molecule has 7 nitrogen and oxygen atoms in total. The summed E-state index contributed by atoms with van der Waals surface area (Å²) < 4.78 is 5.90. The van der Waals surface area contributed by atoms with Crippen LogP contribution in [0, 0.1) is 0 Å². The molecule has 0 saturated carbocycles. The Kier molecular flexibility index (Phi) is 3.74. The molecule has 124 valence electrons. The number of rotatable bonds is 3. The summed E-state index contributed by atoms with van der Waals surface area (Å²) in [5.74, 6) is 0.153. The maximum absolute atomic E-state index is 12.0. The van der Waals surface area contributed by atoms with E-state index in [9.17, 15) is 4.79 Å². The molecule has 0 spiro atoms. The Morgan fingerprint density at radius 3 is 2.40 bits per heavy atom. The van der Waals surface area contributed by atoms with Gasteiger partial charge in [-0.1, -0.05) is 36.4 Å². The third-order valence-electron chi connectivity index (χ3n) is 3.74. The third-order valence-corrected chi connectivity index (χ3v) is 3.74. The molecule has 25 heavy (non-hydrogen) atoms. The number of hydrogen-bond acceptors (Lipinski definition) is 5. The second-order valence-corrected chi connectivity index (χ2v) is 5.50. The Labute approximate surface area is 144 Å². The maximum Gasteiger partial charge on any atom is 0.243 e. The number of hydrogen-bond donors (Lipinski definition) is 0. The minimum Gasteiger partial charge on any atom is -0.444 e. The van der Waals surface area contributed by atoms with Gasteiger partial charge in [0, 0.05) is 12.5 Å². The molecule has 0 aliphatic carbocycles. The maximum atomic E-state index is 12.0. The standard InChI is InChI=1S/C18H15N5O2/c1-13(24)22-18(25-17(21-22)14-8-4-2-5-9-14)16-12-19-23(20-16)15-10-6-3-7-11-15/h2-12,18H,1H3. The second kappa shape index (κ2) is 6.20.